The van der Waals surface area contributed by atoms with Crippen molar-refractivity contribution in [1.82, 2.24) is 29.9 Å². The number of rotatable bonds is 5. The van der Waals surface area contributed by atoms with Crippen LogP contribution in [0, 0.1) is 5.82 Å². The molecule has 3 aromatic heterocycles. The van der Waals surface area contributed by atoms with Crippen molar-refractivity contribution in [3.63, 3.8) is 0 Å². The van der Waals surface area contributed by atoms with Crippen LogP contribution < -0.4 is 15.4 Å². The molecule has 30 heavy (non-hydrogen) atoms. The Bertz CT molecular complexity index is 1020. The number of methoxy groups -OCH3 is 1. The van der Waals surface area contributed by atoms with Gasteiger partial charge in [-0.05, 0) is 13.0 Å². The van der Waals surface area contributed by atoms with E-state index in [1.807, 2.05) is 13.8 Å². The van der Waals surface area contributed by atoms with Crippen LogP contribution in [0.25, 0.3) is 17.0 Å². The third-order valence-electron chi connectivity index (χ3n) is 5.11. The van der Waals surface area contributed by atoms with Gasteiger partial charge in [0, 0.05) is 18.7 Å². The summed E-state index contributed by atoms with van der Waals surface area (Å²) in [6.45, 7) is 6.95. The number of nitrogens with one attached hydrogen (secondary N) is 2. The fraction of sp³-hybridized carbons (Fsp3) is 0.500. The number of nitrogens with zero attached hydrogens (tertiary/aromatic N) is 5. The van der Waals surface area contributed by atoms with Crippen molar-refractivity contribution < 1.29 is 13.9 Å². The average molecular weight is 415 g/mol. The van der Waals surface area contributed by atoms with Crippen LogP contribution in [0.1, 0.15) is 31.9 Å². The highest BCUT2D eigenvalue weighted by Crippen LogP contribution is 2.32. The van der Waals surface area contributed by atoms with Crippen molar-refractivity contribution >= 4 is 11.6 Å². The number of hydrogen-bond donors (Lipinski definition) is 2. The van der Waals surface area contributed by atoms with E-state index < -0.39 is 5.82 Å². The lowest BCUT2D eigenvalue weighted by atomic mass is 10.0. The molecule has 0 aromatic carbocycles. The molecular formula is C20H26FN7O2. The highest BCUT2D eigenvalue weighted by molar-refractivity contribution is 5.62. The SMILES string of the molecule is CC.COc1cc2ncc(-c3nc(NC4CCNC4)ncc3F)n2nc1C1COC1. The van der Waals surface area contributed by atoms with Crippen LogP contribution in [0.2, 0.25) is 0 Å². The van der Waals surface area contributed by atoms with Gasteiger partial charge in [0.15, 0.2) is 11.5 Å². The van der Waals surface area contributed by atoms with Gasteiger partial charge in [-0.1, -0.05) is 13.8 Å². The second-order valence-electron chi connectivity index (χ2n) is 6.97. The summed E-state index contributed by atoms with van der Waals surface area (Å²) in [5, 5.41) is 11.2. The predicted octanol–water partition coefficient (Wildman–Crippen LogP) is 2.25. The molecule has 2 N–H and O–H groups in total. The molecule has 0 bridgehead atoms. The molecule has 2 aliphatic rings. The molecule has 2 saturated heterocycles. The van der Waals surface area contributed by atoms with E-state index in [-0.39, 0.29) is 17.7 Å². The summed E-state index contributed by atoms with van der Waals surface area (Å²) < 4.78 is 26.9. The van der Waals surface area contributed by atoms with Crippen LogP contribution >= 0.6 is 0 Å². The minimum absolute atomic E-state index is 0.150. The van der Waals surface area contributed by atoms with E-state index in [9.17, 15) is 4.39 Å². The van der Waals surface area contributed by atoms with Crippen molar-refractivity contribution in [2.45, 2.75) is 32.2 Å². The average Bonchev–Trinajstić information content (AvgIpc) is 3.39. The van der Waals surface area contributed by atoms with Crippen molar-refractivity contribution in [3.05, 3.63) is 30.0 Å². The molecule has 5 heterocycles. The number of halogens is 1. The monoisotopic (exact) mass is 415 g/mol. The number of aromatic nitrogens is 5. The Morgan fingerprint density at radius 3 is 2.77 bits per heavy atom. The van der Waals surface area contributed by atoms with Crippen LogP contribution in [0.3, 0.4) is 0 Å². The maximum absolute atomic E-state index is 14.6. The van der Waals surface area contributed by atoms with Crippen molar-refractivity contribution in [2.75, 3.05) is 38.7 Å². The Hall–Kier alpha value is -2.85. The maximum atomic E-state index is 14.6. The molecule has 9 nitrogen and oxygen atoms in total. The molecule has 10 heteroatoms. The molecule has 3 aromatic rings. The molecule has 2 fully saturated rings. The van der Waals surface area contributed by atoms with E-state index in [4.69, 9.17) is 9.47 Å². The smallest absolute Gasteiger partial charge is 0.223 e. The van der Waals surface area contributed by atoms with Crippen LogP contribution in [-0.4, -0.2) is 64.0 Å². The van der Waals surface area contributed by atoms with Crippen molar-refractivity contribution in [3.8, 4) is 17.1 Å². The lowest BCUT2D eigenvalue weighted by Crippen LogP contribution is -2.27. The molecule has 1 unspecified atom stereocenters. The first-order chi connectivity index (χ1) is 14.7. The van der Waals surface area contributed by atoms with Gasteiger partial charge in [-0.25, -0.2) is 23.9 Å². The highest BCUT2D eigenvalue weighted by atomic mass is 19.1. The third kappa shape index (κ3) is 3.80. The van der Waals surface area contributed by atoms with Gasteiger partial charge in [-0.2, -0.15) is 5.10 Å². The Balaban J connectivity index is 0.00000106. The fourth-order valence-corrected chi connectivity index (χ4v) is 3.49. The van der Waals surface area contributed by atoms with Gasteiger partial charge >= 0.3 is 0 Å². The van der Waals surface area contributed by atoms with E-state index >= 15 is 0 Å². The Morgan fingerprint density at radius 1 is 1.27 bits per heavy atom. The Labute approximate surface area is 174 Å². The van der Waals surface area contributed by atoms with E-state index in [2.05, 4.69) is 30.7 Å². The number of fused-ring (bicyclic) bond motifs is 1. The van der Waals surface area contributed by atoms with Crippen LogP contribution in [-0.2, 0) is 4.74 Å². The van der Waals surface area contributed by atoms with Gasteiger partial charge in [-0.3, -0.25) is 0 Å². The van der Waals surface area contributed by atoms with Crippen molar-refractivity contribution in [2.24, 2.45) is 0 Å². The van der Waals surface area contributed by atoms with Gasteiger partial charge in [0.1, 0.15) is 22.8 Å². The Kier molecular flexibility index (Phi) is 6.05. The normalized spacial score (nSPS) is 18.6. The molecule has 0 amide bonds. The van der Waals surface area contributed by atoms with E-state index in [0.717, 1.165) is 25.2 Å². The standard InChI is InChI=1S/C18H20FN7O2.C2H6/c1-27-14-4-15-21-7-13(26(15)25-16(14)10-8-28-9-10)17-12(19)6-22-18(24-17)23-11-2-3-20-5-11;1-2/h4,6-7,10-11,20H,2-3,5,8-9H2,1H3,(H,22,23,24);1-2H3. The van der Waals surface area contributed by atoms with Gasteiger partial charge in [-0.15, -0.1) is 0 Å². The number of ether oxygens (including phenoxy) is 2. The zero-order valence-electron chi connectivity index (χ0n) is 17.4. The zero-order valence-corrected chi connectivity index (χ0v) is 17.4. The molecule has 1 atom stereocenters. The summed E-state index contributed by atoms with van der Waals surface area (Å²) in [6, 6.07) is 2.03. The molecule has 0 spiro atoms. The fourth-order valence-electron chi connectivity index (χ4n) is 3.49. The molecule has 0 saturated carbocycles. The van der Waals surface area contributed by atoms with Gasteiger partial charge in [0.2, 0.25) is 5.95 Å². The van der Waals surface area contributed by atoms with Crippen LogP contribution in [0.5, 0.6) is 5.75 Å². The first-order valence-corrected chi connectivity index (χ1v) is 10.2. The first-order valence-electron chi connectivity index (χ1n) is 10.2. The minimum Gasteiger partial charge on any atom is -0.495 e. The van der Waals surface area contributed by atoms with E-state index in [1.165, 1.54) is 6.20 Å². The minimum atomic E-state index is -0.525. The summed E-state index contributed by atoms with van der Waals surface area (Å²) in [7, 11) is 1.60. The van der Waals surface area contributed by atoms with Crippen molar-refractivity contribution in [1.29, 1.82) is 0 Å². The predicted molar refractivity (Wildman–Crippen MR) is 110 cm³/mol. The molecule has 160 valence electrons. The quantitative estimate of drug-likeness (QED) is 0.655. The zero-order chi connectivity index (χ0) is 21.1. The highest BCUT2D eigenvalue weighted by Gasteiger charge is 2.27. The largest absolute Gasteiger partial charge is 0.495 e. The molecule has 0 radical (unpaired) electrons. The summed E-state index contributed by atoms with van der Waals surface area (Å²) in [6.07, 6.45) is 3.71. The molecule has 0 aliphatic carbocycles. The summed E-state index contributed by atoms with van der Waals surface area (Å²) in [4.78, 5) is 12.8. The van der Waals surface area contributed by atoms with Crippen LogP contribution in [0.15, 0.2) is 18.5 Å². The number of imidazole rings is 1. The number of anilines is 1. The molecular weight excluding hydrogens is 389 g/mol. The van der Waals surface area contributed by atoms with E-state index in [0.29, 0.717) is 36.3 Å². The lowest BCUT2D eigenvalue weighted by Gasteiger charge is -2.26. The maximum Gasteiger partial charge on any atom is 0.223 e. The van der Waals surface area contributed by atoms with Gasteiger partial charge in [0.25, 0.3) is 0 Å². The van der Waals surface area contributed by atoms with Gasteiger partial charge < -0.3 is 20.1 Å². The summed E-state index contributed by atoms with van der Waals surface area (Å²) in [5.41, 5.74) is 1.95. The second kappa shape index (κ2) is 8.88. The molecule has 5 rings (SSSR count). The third-order valence-corrected chi connectivity index (χ3v) is 5.11. The van der Waals surface area contributed by atoms with Crippen LogP contribution in [0.4, 0.5) is 10.3 Å². The van der Waals surface area contributed by atoms with E-state index in [1.54, 1.807) is 23.9 Å². The first kappa shape index (κ1) is 20.4. The number of hydrogen-bond acceptors (Lipinski definition) is 8. The second-order valence-corrected chi connectivity index (χ2v) is 6.97. The lowest BCUT2D eigenvalue weighted by molar-refractivity contribution is 0.00530. The topological polar surface area (TPSA) is 98.5 Å². The summed E-state index contributed by atoms with van der Waals surface area (Å²) >= 11 is 0. The summed E-state index contributed by atoms with van der Waals surface area (Å²) in [5.74, 6) is 0.665. The Morgan fingerprint density at radius 2 is 2.10 bits per heavy atom. The molecule has 2 aliphatic heterocycles. The van der Waals surface area contributed by atoms with Gasteiger partial charge in [0.05, 0.1) is 38.6 Å².